The summed E-state index contributed by atoms with van der Waals surface area (Å²) in [5.74, 6) is -1.86. The van der Waals surface area contributed by atoms with Crippen LogP contribution in [0.4, 0.5) is 10.1 Å². The summed E-state index contributed by atoms with van der Waals surface area (Å²) in [6, 6.07) is 12.9. The van der Waals surface area contributed by atoms with Gasteiger partial charge >= 0.3 is 0 Å². The van der Waals surface area contributed by atoms with E-state index in [1.54, 1.807) is 12.1 Å². The van der Waals surface area contributed by atoms with Gasteiger partial charge in [0.2, 0.25) is 21.8 Å². The molecule has 0 radical (unpaired) electrons. The van der Waals surface area contributed by atoms with Crippen molar-refractivity contribution in [3.05, 3.63) is 60.4 Å². The number of benzene rings is 2. The molecule has 1 aliphatic heterocycles. The van der Waals surface area contributed by atoms with Crippen LogP contribution in [0, 0.1) is 17.7 Å². The highest BCUT2D eigenvalue weighted by molar-refractivity contribution is 7.89. The first-order valence-corrected chi connectivity index (χ1v) is 12.6. The Bertz CT molecular complexity index is 1060. The Morgan fingerprint density at radius 3 is 2.42 bits per heavy atom. The fourth-order valence-electron chi connectivity index (χ4n) is 3.84. The third kappa shape index (κ3) is 6.17. The molecule has 3 rings (SSSR count). The second kappa shape index (κ2) is 10.9. The predicted molar refractivity (Wildman–Crippen MR) is 124 cm³/mol. The van der Waals surface area contributed by atoms with E-state index in [9.17, 15) is 22.4 Å². The van der Waals surface area contributed by atoms with Crippen LogP contribution in [-0.4, -0.2) is 43.7 Å². The van der Waals surface area contributed by atoms with Crippen molar-refractivity contribution < 1.29 is 22.4 Å². The van der Waals surface area contributed by atoms with Gasteiger partial charge in [-0.1, -0.05) is 38.5 Å². The van der Waals surface area contributed by atoms with E-state index in [0.717, 1.165) is 12.1 Å². The minimum atomic E-state index is -3.84. The second-order valence-corrected chi connectivity index (χ2v) is 10.3. The zero-order chi connectivity index (χ0) is 24.0. The lowest BCUT2D eigenvalue weighted by molar-refractivity contribution is -0.131. The fraction of sp³-hybridized carbons (Fsp3) is 0.417. The summed E-state index contributed by atoms with van der Waals surface area (Å²) in [5.41, 5.74) is 0.638. The smallest absolute Gasteiger partial charge is 0.247 e. The Labute approximate surface area is 194 Å². The molecule has 1 fully saturated rings. The van der Waals surface area contributed by atoms with Crippen LogP contribution in [0.2, 0.25) is 0 Å². The van der Waals surface area contributed by atoms with Crippen LogP contribution in [0.5, 0.6) is 0 Å². The Morgan fingerprint density at radius 1 is 1.12 bits per heavy atom. The van der Waals surface area contributed by atoms with Crippen molar-refractivity contribution in [3.63, 3.8) is 0 Å². The molecule has 3 atom stereocenters. The molecule has 2 N–H and O–H groups in total. The Balaban J connectivity index is 1.70. The number of piperidine rings is 1. The normalized spacial score (nSPS) is 18.8. The number of nitrogens with zero attached hydrogens (tertiary/aromatic N) is 1. The molecule has 1 saturated heterocycles. The van der Waals surface area contributed by atoms with Gasteiger partial charge in [-0.25, -0.2) is 12.8 Å². The molecule has 0 aromatic heterocycles. The zero-order valence-electron chi connectivity index (χ0n) is 18.8. The number of sulfonamides is 1. The van der Waals surface area contributed by atoms with Crippen molar-refractivity contribution in [1.82, 2.24) is 9.62 Å². The highest BCUT2D eigenvalue weighted by Crippen LogP contribution is 2.25. The number of anilines is 1. The number of nitrogens with one attached hydrogen (secondary N) is 2. The van der Waals surface area contributed by atoms with E-state index in [1.165, 1.54) is 16.4 Å². The van der Waals surface area contributed by atoms with E-state index in [0.29, 0.717) is 24.9 Å². The summed E-state index contributed by atoms with van der Waals surface area (Å²) < 4.78 is 40.4. The monoisotopic (exact) mass is 475 g/mol. The lowest BCUT2D eigenvalue weighted by atomic mass is 9.94. The van der Waals surface area contributed by atoms with Gasteiger partial charge in [-0.3, -0.25) is 9.59 Å². The van der Waals surface area contributed by atoms with Crippen LogP contribution in [-0.2, 0) is 19.6 Å². The van der Waals surface area contributed by atoms with E-state index in [-0.39, 0.29) is 35.7 Å². The van der Waals surface area contributed by atoms with Crippen LogP contribution < -0.4 is 10.6 Å². The number of carbonyl (C=O) groups excluding carboxylic acids is 2. The van der Waals surface area contributed by atoms with Crippen molar-refractivity contribution in [2.75, 3.05) is 18.4 Å². The molecular formula is C24H30FN3O4S. The lowest BCUT2D eigenvalue weighted by Gasteiger charge is -2.32. The maximum atomic E-state index is 13.2. The molecule has 1 heterocycles. The first kappa shape index (κ1) is 24.9. The number of hydrogen-bond acceptors (Lipinski definition) is 4. The topological polar surface area (TPSA) is 95.6 Å². The molecule has 0 saturated carbocycles. The minimum absolute atomic E-state index is 0.00956. The van der Waals surface area contributed by atoms with E-state index in [1.807, 2.05) is 32.0 Å². The molecule has 0 unspecified atom stereocenters. The Hall–Kier alpha value is -2.78. The van der Waals surface area contributed by atoms with Crippen LogP contribution in [0.1, 0.15) is 33.1 Å². The standard InChI is InChI=1S/C24H30FN3O4S/c1-3-17(2)22(24(30)26-20-9-5-4-6-10-20)27-23(29)18-8-7-15-28(16-18)33(31,32)21-13-11-19(25)12-14-21/h4-6,9-14,17-18,22H,3,7-8,15-16H2,1-2H3,(H,26,30)(H,27,29)/t17-,18+,22-/m0/s1. The van der Waals surface area contributed by atoms with Crippen molar-refractivity contribution in [2.45, 2.75) is 44.0 Å². The third-order valence-corrected chi connectivity index (χ3v) is 7.92. The predicted octanol–water partition coefficient (Wildman–Crippen LogP) is 3.40. The van der Waals surface area contributed by atoms with Gasteiger partial charge in [0, 0.05) is 18.8 Å². The van der Waals surface area contributed by atoms with Gasteiger partial charge in [-0.2, -0.15) is 4.31 Å². The van der Waals surface area contributed by atoms with Crippen molar-refractivity contribution in [2.24, 2.45) is 11.8 Å². The van der Waals surface area contributed by atoms with Crippen molar-refractivity contribution >= 4 is 27.5 Å². The van der Waals surface area contributed by atoms with Gasteiger partial charge in [-0.15, -0.1) is 0 Å². The van der Waals surface area contributed by atoms with Gasteiger partial charge in [-0.05, 0) is 55.2 Å². The van der Waals surface area contributed by atoms with Crippen LogP contribution >= 0.6 is 0 Å². The summed E-state index contributed by atoms with van der Waals surface area (Å²) >= 11 is 0. The zero-order valence-corrected chi connectivity index (χ0v) is 19.6. The number of rotatable bonds is 8. The Morgan fingerprint density at radius 2 is 1.79 bits per heavy atom. The number of halogens is 1. The van der Waals surface area contributed by atoms with Crippen molar-refractivity contribution in [3.8, 4) is 0 Å². The number of amides is 2. The summed E-state index contributed by atoms with van der Waals surface area (Å²) in [5, 5.41) is 5.69. The number of carbonyl (C=O) groups is 2. The number of hydrogen-bond donors (Lipinski definition) is 2. The van der Waals surface area contributed by atoms with Crippen LogP contribution in [0.25, 0.3) is 0 Å². The molecule has 33 heavy (non-hydrogen) atoms. The summed E-state index contributed by atoms with van der Waals surface area (Å²) in [7, 11) is -3.84. The maximum absolute atomic E-state index is 13.2. The molecule has 0 spiro atoms. The highest BCUT2D eigenvalue weighted by atomic mass is 32.2. The van der Waals surface area contributed by atoms with E-state index < -0.39 is 27.8 Å². The molecule has 0 aliphatic carbocycles. The van der Waals surface area contributed by atoms with Gasteiger partial charge in [0.15, 0.2) is 0 Å². The van der Waals surface area contributed by atoms with Gasteiger partial charge in [0.25, 0.3) is 0 Å². The van der Waals surface area contributed by atoms with E-state index in [4.69, 9.17) is 0 Å². The van der Waals surface area contributed by atoms with E-state index >= 15 is 0 Å². The summed E-state index contributed by atoms with van der Waals surface area (Å²) in [6.45, 7) is 4.13. The lowest BCUT2D eigenvalue weighted by Crippen LogP contribution is -2.52. The third-order valence-electron chi connectivity index (χ3n) is 6.04. The van der Waals surface area contributed by atoms with Gasteiger partial charge in [0.05, 0.1) is 10.8 Å². The highest BCUT2D eigenvalue weighted by Gasteiger charge is 2.35. The SMILES string of the molecule is CC[C@H](C)[C@H](NC(=O)[C@@H]1CCCN(S(=O)(=O)c2ccc(F)cc2)C1)C(=O)Nc1ccccc1. The molecule has 0 bridgehead atoms. The fourth-order valence-corrected chi connectivity index (χ4v) is 5.37. The first-order valence-electron chi connectivity index (χ1n) is 11.1. The second-order valence-electron chi connectivity index (χ2n) is 8.38. The molecule has 2 amide bonds. The molecule has 178 valence electrons. The summed E-state index contributed by atoms with van der Waals surface area (Å²) in [4.78, 5) is 26.0. The molecule has 7 nitrogen and oxygen atoms in total. The van der Waals surface area contributed by atoms with Crippen LogP contribution in [0.3, 0.4) is 0 Å². The Kier molecular flexibility index (Phi) is 8.20. The average Bonchev–Trinajstić information content (AvgIpc) is 2.82. The van der Waals surface area contributed by atoms with Crippen molar-refractivity contribution in [1.29, 1.82) is 0 Å². The molecule has 2 aromatic carbocycles. The quantitative estimate of drug-likeness (QED) is 0.612. The van der Waals surface area contributed by atoms with Gasteiger partial charge < -0.3 is 10.6 Å². The largest absolute Gasteiger partial charge is 0.344 e. The van der Waals surface area contributed by atoms with E-state index in [2.05, 4.69) is 10.6 Å². The van der Waals surface area contributed by atoms with Gasteiger partial charge in [0.1, 0.15) is 11.9 Å². The molecule has 1 aliphatic rings. The maximum Gasteiger partial charge on any atom is 0.247 e. The first-order chi connectivity index (χ1) is 15.7. The average molecular weight is 476 g/mol. The molecule has 9 heteroatoms. The molecular weight excluding hydrogens is 445 g/mol. The minimum Gasteiger partial charge on any atom is -0.344 e. The van der Waals surface area contributed by atoms with Crippen LogP contribution in [0.15, 0.2) is 59.5 Å². The molecule has 2 aromatic rings. The summed E-state index contributed by atoms with van der Waals surface area (Å²) in [6.07, 6.45) is 1.72. The number of para-hydroxylation sites is 1.